The highest BCUT2D eigenvalue weighted by atomic mass is 79.9. The molecular formula is C23H22BrN3. The van der Waals surface area contributed by atoms with Gasteiger partial charge in [-0.25, -0.2) is 9.97 Å². The molecule has 3 aromatic rings. The molecule has 0 saturated carbocycles. The second-order valence-electron chi connectivity index (χ2n) is 7.41. The average Bonchev–Trinajstić information content (AvgIpc) is 2.74. The highest BCUT2D eigenvalue weighted by Gasteiger charge is 2.25. The van der Waals surface area contributed by atoms with Crippen LogP contribution < -0.4 is 4.90 Å². The summed E-state index contributed by atoms with van der Waals surface area (Å²) in [6.45, 7) is 2.11. The van der Waals surface area contributed by atoms with Gasteiger partial charge in [0.25, 0.3) is 0 Å². The van der Waals surface area contributed by atoms with E-state index in [0.717, 1.165) is 47.7 Å². The van der Waals surface area contributed by atoms with Crippen LogP contribution in [0, 0.1) is 0 Å². The highest BCUT2D eigenvalue weighted by Crippen LogP contribution is 2.38. The standard InChI is InChI=1S/C23H22BrN3/c24-18-11-8-17(9-12-18)21-20-13-10-16-6-2-3-7-19(16)22(20)26-23(25-21)27-14-4-1-5-15-27/h2-3,6-9,11-12H,1,4-5,10,13-15H2. The van der Waals surface area contributed by atoms with Crippen LogP contribution in [0.5, 0.6) is 0 Å². The van der Waals surface area contributed by atoms with Crippen LogP contribution in [0.4, 0.5) is 5.95 Å². The van der Waals surface area contributed by atoms with Crippen molar-refractivity contribution in [2.75, 3.05) is 18.0 Å². The van der Waals surface area contributed by atoms with Crippen molar-refractivity contribution >= 4 is 21.9 Å². The minimum atomic E-state index is 0.892. The Kier molecular flexibility index (Phi) is 4.44. The molecule has 0 N–H and O–H groups in total. The van der Waals surface area contributed by atoms with E-state index in [-0.39, 0.29) is 0 Å². The maximum atomic E-state index is 5.09. The molecule has 0 amide bonds. The zero-order valence-corrected chi connectivity index (χ0v) is 16.9. The summed E-state index contributed by atoms with van der Waals surface area (Å²) in [5.74, 6) is 0.892. The lowest BCUT2D eigenvalue weighted by Gasteiger charge is -2.29. The van der Waals surface area contributed by atoms with Gasteiger partial charge in [0.1, 0.15) is 0 Å². The first-order chi connectivity index (χ1) is 13.3. The van der Waals surface area contributed by atoms with Gasteiger partial charge >= 0.3 is 0 Å². The minimum absolute atomic E-state index is 0.892. The topological polar surface area (TPSA) is 29.0 Å². The number of nitrogens with zero attached hydrogens (tertiary/aromatic N) is 3. The van der Waals surface area contributed by atoms with Gasteiger partial charge in [-0.1, -0.05) is 52.3 Å². The Morgan fingerprint density at radius 2 is 1.52 bits per heavy atom. The molecule has 1 fully saturated rings. The van der Waals surface area contributed by atoms with E-state index in [1.54, 1.807) is 0 Å². The Hall–Kier alpha value is -2.20. The highest BCUT2D eigenvalue weighted by molar-refractivity contribution is 9.10. The van der Waals surface area contributed by atoms with Gasteiger partial charge in [-0.15, -0.1) is 0 Å². The Morgan fingerprint density at radius 3 is 2.33 bits per heavy atom. The Balaban J connectivity index is 1.71. The van der Waals surface area contributed by atoms with Gasteiger partial charge in [-0.2, -0.15) is 0 Å². The van der Waals surface area contributed by atoms with E-state index in [9.17, 15) is 0 Å². The van der Waals surface area contributed by atoms with Crippen LogP contribution in [0.1, 0.15) is 30.4 Å². The number of hydrogen-bond acceptors (Lipinski definition) is 3. The van der Waals surface area contributed by atoms with Gasteiger partial charge in [-0.3, -0.25) is 0 Å². The van der Waals surface area contributed by atoms with E-state index in [2.05, 4.69) is 69.4 Å². The lowest BCUT2D eigenvalue weighted by molar-refractivity contribution is 0.568. The first kappa shape index (κ1) is 16.9. The summed E-state index contributed by atoms with van der Waals surface area (Å²) < 4.78 is 1.09. The summed E-state index contributed by atoms with van der Waals surface area (Å²) in [6.07, 6.45) is 5.82. The number of anilines is 1. The molecular weight excluding hydrogens is 398 g/mol. The first-order valence-corrected chi connectivity index (χ1v) is 10.6. The van der Waals surface area contributed by atoms with Crippen molar-refractivity contribution in [1.82, 2.24) is 9.97 Å². The quantitative estimate of drug-likeness (QED) is 0.536. The molecule has 3 nitrogen and oxygen atoms in total. The molecule has 1 aromatic heterocycles. The summed E-state index contributed by atoms with van der Waals surface area (Å²) in [5, 5.41) is 0. The van der Waals surface area contributed by atoms with Gasteiger partial charge in [0.15, 0.2) is 0 Å². The van der Waals surface area contributed by atoms with E-state index in [4.69, 9.17) is 9.97 Å². The maximum Gasteiger partial charge on any atom is 0.226 e. The number of aromatic nitrogens is 2. The molecule has 0 atom stereocenters. The summed E-state index contributed by atoms with van der Waals surface area (Å²) in [6, 6.07) is 17.2. The molecule has 0 radical (unpaired) electrons. The van der Waals surface area contributed by atoms with Crippen LogP contribution in [0.2, 0.25) is 0 Å². The number of piperidine rings is 1. The molecule has 136 valence electrons. The van der Waals surface area contributed by atoms with Crippen LogP contribution in [0.15, 0.2) is 53.0 Å². The molecule has 2 heterocycles. The number of rotatable bonds is 2. The SMILES string of the molecule is Brc1ccc(-c2nc(N3CCCCC3)nc3c2CCc2ccccc2-3)cc1. The fourth-order valence-electron chi connectivity index (χ4n) is 4.24. The third-order valence-corrected chi connectivity index (χ3v) is 6.20. The molecule has 27 heavy (non-hydrogen) atoms. The summed E-state index contributed by atoms with van der Waals surface area (Å²) in [4.78, 5) is 12.5. The van der Waals surface area contributed by atoms with Gasteiger partial charge in [0, 0.05) is 34.3 Å². The molecule has 1 saturated heterocycles. The Morgan fingerprint density at radius 1 is 0.778 bits per heavy atom. The number of halogens is 1. The predicted molar refractivity (Wildman–Crippen MR) is 114 cm³/mol. The van der Waals surface area contributed by atoms with Gasteiger partial charge in [0.2, 0.25) is 5.95 Å². The number of aryl methyl sites for hydroxylation is 1. The van der Waals surface area contributed by atoms with Crippen molar-refractivity contribution in [3.63, 3.8) is 0 Å². The van der Waals surface area contributed by atoms with Gasteiger partial charge < -0.3 is 4.90 Å². The van der Waals surface area contributed by atoms with Crippen molar-refractivity contribution < 1.29 is 0 Å². The monoisotopic (exact) mass is 419 g/mol. The molecule has 0 spiro atoms. The summed E-state index contributed by atoms with van der Waals surface area (Å²) >= 11 is 3.55. The minimum Gasteiger partial charge on any atom is -0.341 e. The van der Waals surface area contributed by atoms with E-state index in [0.29, 0.717) is 0 Å². The molecule has 0 unspecified atom stereocenters. The Labute approximate surface area is 168 Å². The Bertz CT molecular complexity index is 975. The van der Waals surface area contributed by atoms with Crippen LogP contribution >= 0.6 is 15.9 Å². The maximum absolute atomic E-state index is 5.09. The molecule has 2 aliphatic rings. The lowest BCUT2D eigenvalue weighted by atomic mass is 9.87. The zero-order chi connectivity index (χ0) is 18.2. The fourth-order valence-corrected chi connectivity index (χ4v) is 4.51. The van der Waals surface area contributed by atoms with Gasteiger partial charge in [-0.05, 0) is 49.8 Å². The molecule has 1 aliphatic heterocycles. The molecule has 0 bridgehead atoms. The predicted octanol–water partition coefficient (Wildman–Crippen LogP) is 5.66. The second kappa shape index (κ2) is 7.08. The van der Waals surface area contributed by atoms with Crippen LogP contribution in [-0.4, -0.2) is 23.1 Å². The van der Waals surface area contributed by atoms with E-state index >= 15 is 0 Å². The third kappa shape index (κ3) is 3.16. The largest absolute Gasteiger partial charge is 0.341 e. The zero-order valence-electron chi connectivity index (χ0n) is 15.3. The fraction of sp³-hybridized carbons (Fsp3) is 0.304. The van der Waals surface area contributed by atoms with Gasteiger partial charge in [0.05, 0.1) is 11.4 Å². The number of benzene rings is 2. The number of hydrogen-bond donors (Lipinski definition) is 0. The van der Waals surface area contributed by atoms with Crippen molar-refractivity contribution in [2.45, 2.75) is 32.1 Å². The van der Waals surface area contributed by atoms with E-state index < -0.39 is 0 Å². The lowest BCUT2D eigenvalue weighted by Crippen LogP contribution is -2.31. The van der Waals surface area contributed by atoms with E-state index in [1.807, 2.05) is 0 Å². The van der Waals surface area contributed by atoms with Crippen molar-refractivity contribution in [3.05, 3.63) is 64.1 Å². The van der Waals surface area contributed by atoms with Crippen molar-refractivity contribution in [2.24, 2.45) is 0 Å². The molecule has 4 heteroatoms. The third-order valence-electron chi connectivity index (χ3n) is 5.67. The van der Waals surface area contributed by atoms with E-state index in [1.165, 1.54) is 41.5 Å². The second-order valence-corrected chi connectivity index (χ2v) is 8.33. The summed E-state index contributed by atoms with van der Waals surface area (Å²) in [7, 11) is 0. The molecule has 1 aliphatic carbocycles. The first-order valence-electron chi connectivity index (χ1n) is 9.80. The van der Waals surface area contributed by atoms with Crippen LogP contribution in [0.25, 0.3) is 22.5 Å². The van der Waals surface area contributed by atoms with Crippen LogP contribution in [-0.2, 0) is 12.8 Å². The molecule has 2 aromatic carbocycles. The average molecular weight is 420 g/mol. The summed E-state index contributed by atoms with van der Waals surface area (Å²) in [5.41, 5.74) is 7.37. The molecule has 5 rings (SSSR count). The van der Waals surface area contributed by atoms with Crippen molar-refractivity contribution in [1.29, 1.82) is 0 Å². The number of fused-ring (bicyclic) bond motifs is 3. The van der Waals surface area contributed by atoms with Crippen LogP contribution in [0.3, 0.4) is 0 Å². The normalized spacial score (nSPS) is 16.0. The van der Waals surface area contributed by atoms with Crippen molar-refractivity contribution in [3.8, 4) is 22.5 Å². The smallest absolute Gasteiger partial charge is 0.226 e.